The summed E-state index contributed by atoms with van der Waals surface area (Å²) >= 11 is 11.8. The fourth-order valence-electron chi connectivity index (χ4n) is 2.30. The van der Waals surface area contributed by atoms with Crippen LogP contribution in [0.1, 0.15) is 12.5 Å². The van der Waals surface area contributed by atoms with E-state index in [0.717, 1.165) is 11.6 Å². The number of rotatable bonds is 5. The topological polar surface area (TPSA) is 58.6 Å². The summed E-state index contributed by atoms with van der Waals surface area (Å²) in [7, 11) is 1.46. The van der Waals surface area contributed by atoms with Gasteiger partial charge in [-0.1, -0.05) is 23.2 Å². The summed E-state index contributed by atoms with van der Waals surface area (Å²) in [4.78, 5) is 25.5. The Kier molecular flexibility index (Phi) is 6.45. The molecule has 0 bridgehead atoms. The molecule has 0 radical (unpaired) electrons. The summed E-state index contributed by atoms with van der Waals surface area (Å²) in [5.74, 6) is -1.05. The van der Waals surface area contributed by atoms with E-state index >= 15 is 0 Å². The molecule has 0 unspecified atom stereocenters. The largest absolute Gasteiger partial charge is 0.495 e. The van der Waals surface area contributed by atoms with Crippen LogP contribution in [0.25, 0.3) is 0 Å². The molecule has 0 heterocycles. The first-order chi connectivity index (χ1) is 12.2. The average molecular weight is 399 g/mol. The number of amides is 2. The molecular weight excluding hydrogens is 382 g/mol. The zero-order valence-corrected chi connectivity index (χ0v) is 15.9. The summed E-state index contributed by atoms with van der Waals surface area (Å²) < 4.78 is 18.5. The molecule has 138 valence electrons. The van der Waals surface area contributed by atoms with Crippen LogP contribution in [0.5, 0.6) is 5.75 Å². The Hall–Kier alpha value is -2.31. The fraction of sp³-hybridized carbons (Fsp3) is 0.222. The van der Waals surface area contributed by atoms with Crippen molar-refractivity contribution in [3.05, 3.63) is 51.8 Å². The van der Waals surface area contributed by atoms with E-state index in [0.29, 0.717) is 22.1 Å². The number of nitrogens with one attached hydrogen (secondary N) is 1. The van der Waals surface area contributed by atoms with Crippen LogP contribution < -0.4 is 15.0 Å². The van der Waals surface area contributed by atoms with Gasteiger partial charge in [0, 0.05) is 23.7 Å². The van der Waals surface area contributed by atoms with Crippen LogP contribution in [-0.4, -0.2) is 25.5 Å². The van der Waals surface area contributed by atoms with Gasteiger partial charge in [-0.15, -0.1) is 0 Å². The van der Waals surface area contributed by atoms with Crippen molar-refractivity contribution in [3.63, 3.8) is 0 Å². The fourth-order valence-corrected chi connectivity index (χ4v) is 2.63. The molecule has 0 saturated carbocycles. The third-order valence-electron chi connectivity index (χ3n) is 3.65. The van der Waals surface area contributed by atoms with Gasteiger partial charge in [-0.3, -0.25) is 9.59 Å². The number of methoxy groups -OCH3 is 1. The van der Waals surface area contributed by atoms with Gasteiger partial charge >= 0.3 is 0 Å². The van der Waals surface area contributed by atoms with Crippen LogP contribution in [0.4, 0.5) is 15.8 Å². The van der Waals surface area contributed by atoms with Crippen molar-refractivity contribution >= 4 is 46.4 Å². The molecule has 8 heteroatoms. The third-order valence-corrected chi connectivity index (χ3v) is 4.35. The van der Waals surface area contributed by atoms with Crippen LogP contribution in [0.3, 0.4) is 0 Å². The Morgan fingerprint density at radius 1 is 1.19 bits per heavy atom. The highest BCUT2D eigenvalue weighted by atomic mass is 35.5. The van der Waals surface area contributed by atoms with E-state index in [1.807, 2.05) is 0 Å². The standard InChI is InChI=1S/C18H17Cl2FN2O3/c1-10-6-16(17(26-3)8-13(10)19)22-18(25)9-23(11(2)24)12-4-5-15(21)14(20)7-12/h4-8H,9H2,1-3H3,(H,22,25). The van der Waals surface area contributed by atoms with Crippen molar-refractivity contribution in [3.8, 4) is 5.75 Å². The first kappa shape index (κ1) is 20.0. The number of hydrogen-bond donors (Lipinski definition) is 1. The van der Waals surface area contributed by atoms with Crippen molar-refractivity contribution in [2.45, 2.75) is 13.8 Å². The van der Waals surface area contributed by atoms with Gasteiger partial charge in [-0.25, -0.2) is 4.39 Å². The normalized spacial score (nSPS) is 10.4. The molecule has 2 rings (SSSR count). The zero-order valence-electron chi connectivity index (χ0n) is 14.4. The molecular formula is C18H17Cl2FN2O3. The van der Waals surface area contributed by atoms with Crippen molar-refractivity contribution < 1.29 is 18.7 Å². The second-order valence-electron chi connectivity index (χ2n) is 5.55. The molecule has 0 aliphatic rings. The number of anilines is 2. The van der Waals surface area contributed by atoms with Crippen LogP contribution >= 0.6 is 23.2 Å². The van der Waals surface area contributed by atoms with Gasteiger partial charge in [0.25, 0.3) is 0 Å². The monoisotopic (exact) mass is 398 g/mol. The molecule has 0 aliphatic carbocycles. The van der Waals surface area contributed by atoms with Crippen molar-refractivity contribution in [1.82, 2.24) is 0 Å². The number of ether oxygens (including phenoxy) is 1. The Labute approximate surface area is 160 Å². The summed E-state index contributed by atoms with van der Waals surface area (Å²) in [5, 5.41) is 3.06. The predicted octanol–water partition coefficient (Wildman–Crippen LogP) is 4.44. The lowest BCUT2D eigenvalue weighted by atomic mass is 10.2. The molecule has 2 aromatic rings. The number of hydrogen-bond acceptors (Lipinski definition) is 3. The number of carbonyl (C=O) groups is 2. The minimum atomic E-state index is -0.607. The van der Waals surface area contributed by atoms with Crippen LogP contribution in [0.15, 0.2) is 30.3 Å². The molecule has 2 amide bonds. The van der Waals surface area contributed by atoms with Crippen LogP contribution in [-0.2, 0) is 9.59 Å². The quantitative estimate of drug-likeness (QED) is 0.809. The maximum Gasteiger partial charge on any atom is 0.244 e. The predicted molar refractivity (Wildman–Crippen MR) is 101 cm³/mol. The third kappa shape index (κ3) is 4.65. The maximum atomic E-state index is 13.3. The highest BCUT2D eigenvalue weighted by Crippen LogP contribution is 2.31. The summed E-state index contributed by atoms with van der Waals surface area (Å²) in [6.07, 6.45) is 0. The molecule has 1 N–H and O–H groups in total. The average Bonchev–Trinajstić information content (AvgIpc) is 2.58. The molecule has 0 aliphatic heterocycles. The smallest absolute Gasteiger partial charge is 0.244 e. The van der Waals surface area contributed by atoms with Crippen molar-refractivity contribution in [2.75, 3.05) is 23.9 Å². The Bertz CT molecular complexity index is 859. The SMILES string of the molecule is COc1cc(Cl)c(C)cc1NC(=O)CN(C(C)=O)c1ccc(F)c(Cl)c1. The number of nitrogens with zero attached hydrogens (tertiary/aromatic N) is 1. The molecule has 2 aromatic carbocycles. The van der Waals surface area contributed by atoms with Gasteiger partial charge in [0.15, 0.2) is 0 Å². The summed E-state index contributed by atoms with van der Waals surface area (Å²) in [6.45, 7) is 2.82. The molecule has 0 fully saturated rings. The molecule has 0 spiro atoms. The first-order valence-corrected chi connectivity index (χ1v) is 8.35. The van der Waals surface area contributed by atoms with Crippen LogP contribution in [0.2, 0.25) is 10.0 Å². The minimum Gasteiger partial charge on any atom is -0.495 e. The van der Waals surface area contributed by atoms with Gasteiger partial charge in [-0.2, -0.15) is 0 Å². The number of carbonyl (C=O) groups excluding carboxylic acids is 2. The van der Waals surface area contributed by atoms with Gasteiger partial charge in [0.2, 0.25) is 11.8 Å². The Morgan fingerprint density at radius 2 is 1.88 bits per heavy atom. The number of aryl methyl sites for hydroxylation is 1. The molecule has 0 saturated heterocycles. The van der Waals surface area contributed by atoms with E-state index in [4.69, 9.17) is 27.9 Å². The van der Waals surface area contributed by atoms with Gasteiger partial charge < -0.3 is 15.0 Å². The van der Waals surface area contributed by atoms with E-state index in [1.165, 1.54) is 31.1 Å². The number of halogens is 3. The van der Waals surface area contributed by atoms with E-state index in [1.54, 1.807) is 19.1 Å². The highest BCUT2D eigenvalue weighted by Gasteiger charge is 2.18. The molecule has 5 nitrogen and oxygen atoms in total. The summed E-state index contributed by atoms with van der Waals surface area (Å²) in [6, 6.07) is 7.07. The number of benzene rings is 2. The minimum absolute atomic E-state index is 0.135. The maximum absolute atomic E-state index is 13.3. The van der Waals surface area contributed by atoms with Crippen molar-refractivity contribution in [2.24, 2.45) is 0 Å². The molecule has 26 heavy (non-hydrogen) atoms. The van der Waals surface area contributed by atoms with Gasteiger partial charge in [0.05, 0.1) is 17.8 Å². The second kappa shape index (κ2) is 8.38. The lowest BCUT2D eigenvalue weighted by Gasteiger charge is -2.21. The van der Waals surface area contributed by atoms with Crippen molar-refractivity contribution in [1.29, 1.82) is 0 Å². The molecule has 0 atom stereocenters. The lowest BCUT2D eigenvalue weighted by molar-refractivity contribution is -0.120. The second-order valence-corrected chi connectivity index (χ2v) is 6.37. The van der Waals surface area contributed by atoms with E-state index in [2.05, 4.69) is 5.32 Å². The van der Waals surface area contributed by atoms with E-state index in [9.17, 15) is 14.0 Å². The van der Waals surface area contributed by atoms with Gasteiger partial charge in [-0.05, 0) is 36.8 Å². The Morgan fingerprint density at radius 3 is 2.46 bits per heavy atom. The molecule has 0 aromatic heterocycles. The van der Waals surface area contributed by atoms with Crippen LogP contribution in [0, 0.1) is 12.7 Å². The van der Waals surface area contributed by atoms with E-state index in [-0.39, 0.29) is 17.5 Å². The van der Waals surface area contributed by atoms with E-state index < -0.39 is 11.7 Å². The summed E-state index contributed by atoms with van der Waals surface area (Å²) in [5.41, 5.74) is 1.51. The lowest BCUT2D eigenvalue weighted by Crippen LogP contribution is -2.36. The Balaban J connectivity index is 2.22. The zero-order chi connectivity index (χ0) is 19.4. The van der Waals surface area contributed by atoms with Gasteiger partial charge in [0.1, 0.15) is 18.1 Å². The first-order valence-electron chi connectivity index (χ1n) is 7.60. The highest BCUT2D eigenvalue weighted by molar-refractivity contribution is 6.31.